The molecule has 0 aromatic carbocycles. The Kier molecular flexibility index (Phi) is 4.58. The molecule has 1 fully saturated rings. The summed E-state index contributed by atoms with van der Waals surface area (Å²) in [4.78, 5) is 2.38. The number of nitrogens with two attached hydrogens (primary N) is 1. The van der Waals surface area contributed by atoms with Gasteiger partial charge in [-0.15, -0.1) is 0 Å². The molecule has 0 spiro atoms. The Morgan fingerprint density at radius 3 is 2.92 bits per heavy atom. The first kappa shape index (κ1) is 9.96. The molecule has 3 nitrogen and oxygen atoms in total. The number of nitrogens with one attached hydrogen (secondary N) is 1. The molecule has 72 valence electrons. The predicted octanol–water partition coefficient (Wildman–Crippen LogP) is 0.0190. The summed E-state index contributed by atoms with van der Waals surface area (Å²) < 4.78 is 0. The Morgan fingerprint density at radius 2 is 2.33 bits per heavy atom. The molecule has 0 bridgehead atoms. The highest BCUT2D eigenvalue weighted by Gasteiger charge is 2.17. The maximum Gasteiger partial charge on any atom is 0.0207 e. The zero-order valence-electron chi connectivity index (χ0n) is 8.05. The molecule has 3 N–H and O–H groups in total. The molecule has 0 aromatic rings. The molecule has 1 rings (SSSR count). The van der Waals surface area contributed by atoms with Gasteiger partial charge in [-0.25, -0.2) is 0 Å². The first-order chi connectivity index (χ1) is 5.83. The lowest BCUT2D eigenvalue weighted by atomic mass is 10.2. The largest absolute Gasteiger partial charge is 0.330 e. The molecule has 0 saturated carbocycles. The van der Waals surface area contributed by atoms with Crippen LogP contribution in [0.15, 0.2) is 0 Å². The third-order valence-electron chi connectivity index (χ3n) is 2.46. The van der Waals surface area contributed by atoms with Crippen LogP contribution in [0.4, 0.5) is 0 Å². The Hall–Kier alpha value is -0.120. The lowest BCUT2D eigenvalue weighted by Gasteiger charge is -2.11. The molecule has 0 radical (unpaired) electrons. The van der Waals surface area contributed by atoms with E-state index in [1.54, 1.807) is 0 Å². The number of unbranched alkanes of at least 4 members (excludes halogenated alkanes) is 1. The number of hydrogen-bond acceptors (Lipinski definition) is 3. The Labute approximate surface area is 75.3 Å². The van der Waals surface area contributed by atoms with E-state index in [-0.39, 0.29) is 0 Å². The van der Waals surface area contributed by atoms with Crippen molar-refractivity contribution < 1.29 is 0 Å². The molecule has 1 unspecified atom stereocenters. The highest BCUT2D eigenvalue weighted by atomic mass is 15.2. The van der Waals surface area contributed by atoms with E-state index < -0.39 is 0 Å². The van der Waals surface area contributed by atoms with Crippen molar-refractivity contribution in [3.05, 3.63) is 0 Å². The van der Waals surface area contributed by atoms with Gasteiger partial charge in [0, 0.05) is 12.6 Å². The fourth-order valence-electron chi connectivity index (χ4n) is 1.68. The summed E-state index contributed by atoms with van der Waals surface area (Å²) in [5.74, 6) is 0. The summed E-state index contributed by atoms with van der Waals surface area (Å²) in [5.41, 5.74) is 5.41. The van der Waals surface area contributed by atoms with Crippen LogP contribution in [0.2, 0.25) is 0 Å². The van der Waals surface area contributed by atoms with Gasteiger partial charge in [-0.05, 0) is 45.9 Å². The quantitative estimate of drug-likeness (QED) is 0.573. The molecule has 1 atom stereocenters. The number of likely N-dealkylation sites (N-methyl/N-ethyl adjacent to an activating group) is 1. The van der Waals surface area contributed by atoms with Crippen LogP contribution in [0.25, 0.3) is 0 Å². The molecule has 12 heavy (non-hydrogen) atoms. The van der Waals surface area contributed by atoms with Gasteiger partial charge in [0.2, 0.25) is 0 Å². The average molecular weight is 171 g/mol. The van der Waals surface area contributed by atoms with Gasteiger partial charge in [0.1, 0.15) is 0 Å². The van der Waals surface area contributed by atoms with Crippen LogP contribution in [0.3, 0.4) is 0 Å². The van der Waals surface area contributed by atoms with E-state index in [1.165, 1.54) is 25.9 Å². The van der Waals surface area contributed by atoms with Crippen molar-refractivity contribution in [1.29, 1.82) is 0 Å². The van der Waals surface area contributed by atoms with Crippen LogP contribution in [0.1, 0.15) is 19.3 Å². The minimum Gasteiger partial charge on any atom is -0.330 e. The summed E-state index contributed by atoms with van der Waals surface area (Å²) in [5, 5.41) is 3.55. The average Bonchev–Trinajstić information content (AvgIpc) is 2.45. The minimum absolute atomic E-state index is 0.729. The number of nitrogens with zero attached hydrogens (tertiary/aromatic N) is 1. The highest BCUT2D eigenvalue weighted by molar-refractivity contribution is 4.78. The zero-order valence-corrected chi connectivity index (χ0v) is 8.05. The normalized spacial score (nSPS) is 25.0. The topological polar surface area (TPSA) is 41.3 Å². The van der Waals surface area contributed by atoms with Crippen LogP contribution in [0.5, 0.6) is 0 Å². The van der Waals surface area contributed by atoms with E-state index in [2.05, 4.69) is 17.3 Å². The van der Waals surface area contributed by atoms with E-state index in [4.69, 9.17) is 5.73 Å². The lowest BCUT2D eigenvalue weighted by Crippen LogP contribution is -2.32. The van der Waals surface area contributed by atoms with E-state index in [0.717, 1.165) is 25.6 Å². The van der Waals surface area contributed by atoms with Gasteiger partial charge in [0.25, 0.3) is 0 Å². The summed E-state index contributed by atoms with van der Waals surface area (Å²) in [6.07, 6.45) is 3.67. The summed E-state index contributed by atoms with van der Waals surface area (Å²) in [6, 6.07) is 0.729. The van der Waals surface area contributed by atoms with Crippen molar-refractivity contribution >= 4 is 0 Å². The van der Waals surface area contributed by atoms with E-state index >= 15 is 0 Å². The predicted molar refractivity (Wildman–Crippen MR) is 52.2 cm³/mol. The second kappa shape index (κ2) is 5.51. The summed E-state index contributed by atoms with van der Waals surface area (Å²) in [7, 11) is 2.18. The van der Waals surface area contributed by atoms with Crippen molar-refractivity contribution in [1.82, 2.24) is 10.2 Å². The number of rotatable bonds is 5. The molecule has 1 aliphatic rings. The highest BCUT2D eigenvalue weighted by Crippen LogP contribution is 2.05. The van der Waals surface area contributed by atoms with Gasteiger partial charge in [-0.2, -0.15) is 0 Å². The van der Waals surface area contributed by atoms with Crippen LogP contribution in [-0.4, -0.2) is 44.2 Å². The Balaban J connectivity index is 1.93. The fraction of sp³-hybridized carbons (Fsp3) is 1.00. The Morgan fingerprint density at radius 1 is 1.50 bits per heavy atom. The maximum atomic E-state index is 5.41. The zero-order chi connectivity index (χ0) is 8.81. The number of likely N-dealkylation sites (tertiary alicyclic amines) is 1. The number of hydrogen-bond donors (Lipinski definition) is 2. The molecule has 0 aliphatic carbocycles. The molecule has 0 amide bonds. The summed E-state index contributed by atoms with van der Waals surface area (Å²) in [6.45, 7) is 4.42. The minimum atomic E-state index is 0.729. The molecule has 3 heteroatoms. The third-order valence-corrected chi connectivity index (χ3v) is 2.46. The molecule has 0 aromatic heterocycles. The first-order valence-corrected chi connectivity index (χ1v) is 4.95. The van der Waals surface area contributed by atoms with Crippen molar-refractivity contribution in [3.8, 4) is 0 Å². The monoisotopic (exact) mass is 171 g/mol. The van der Waals surface area contributed by atoms with E-state index in [9.17, 15) is 0 Å². The smallest absolute Gasteiger partial charge is 0.0207 e. The van der Waals surface area contributed by atoms with Gasteiger partial charge < -0.3 is 16.0 Å². The lowest BCUT2D eigenvalue weighted by molar-refractivity contribution is 0.397. The van der Waals surface area contributed by atoms with Gasteiger partial charge in [0.05, 0.1) is 0 Å². The van der Waals surface area contributed by atoms with Gasteiger partial charge in [-0.1, -0.05) is 0 Å². The van der Waals surface area contributed by atoms with E-state index in [0.29, 0.717) is 0 Å². The fourth-order valence-corrected chi connectivity index (χ4v) is 1.68. The van der Waals surface area contributed by atoms with Gasteiger partial charge in [0.15, 0.2) is 0 Å². The SMILES string of the molecule is CN1CCC(NCCCCN)C1. The first-order valence-electron chi connectivity index (χ1n) is 4.95. The van der Waals surface area contributed by atoms with E-state index in [1.807, 2.05) is 0 Å². The molecule has 1 heterocycles. The van der Waals surface area contributed by atoms with Crippen molar-refractivity contribution in [3.63, 3.8) is 0 Å². The van der Waals surface area contributed by atoms with Crippen LogP contribution in [-0.2, 0) is 0 Å². The molecule has 1 aliphatic heterocycles. The Bertz CT molecular complexity index is 116. The van der Waals surface area contributed by atoms with Crippen molar-refractivity contribution in [2.24, 2.45) is 5.73 Å². The standard InChI is InChI=1S/C9H21N3/c1-12-7-4-9(8-12)11-6-3-2-5-10/h9,11H,2-8,10H2,1H3. The van der Waals surface area contributed by atoms with Crippen LogP contribution < -0.4 is 11.1 Å². The van der Waals surface area contributed by atoms with Gasteiger partial charge in [-0.3, -0.25) is 0 Å². The van der Waals surface area contributed by atoms with Crippen molar-refractivity contribution in [2.45, 2.75) is 25.3 Å². The molecular formula is C9H21N3. The summed E-state index contributed by atoms with van der Waals surface area (Å²) >= 11 is 0. The van der Waals surface area contributed by atoms with Crippen LogP contribution >= 0.6 is 0 Å². The molecular weight excluding hydrogens is 150 g/mol. The molecule has 1 saturated heterocycles. The second-order valence-electron chi connectivity index (χ2n) is 3.70. The second-order valence-corrected chi connectivity index (χ2v) is 3.70. The van der Waals surface area contributed by atoms with Gasteiger partial charge >= 0.3 is 0 Å². The van der Waals surface area contributed by atoms with Crippen LogP contribution in [0, 0.1) is 0 Å². The maximum absolute atomic E-state index is 5.41. The van der Waals surface area contributed by atoms with Crippen molar-refractivity contribution in [2.75, 3.05) is 33.2 Å². The third kappa shape index (κ3) is 3.52.